The van der Waals surface area contributed by atoms with Gasteiger partial charge < -0.3 is 4.98 Å². The Bertz CT molecular complexity index is 808. The van der Waals surface area contributed by atoms with Crippen LogP contribution in [0.2, 0.25) is 0 Å². The van der Waals surface area contributed by atoms with Gasteiger partial charge >= 0.3 is 0 Å². The highest BCUT2D eigenvalue weighted by molar-refractivity contribution is 5.69. The largest absolute Gasteiger partial charge is 0.311 e. The van der Waals surface area contributed by atoms with E-state index in [9.17, 15) is 4.79 Å². The van der Waals surface area contributed by atoms with Crippen molar-refractivity contribution < 1.29 is 0 Å². The van der Waals surface area contributed by atoms with Gasteiger partial charge in [0.2, 0.25) is 0 Å². The molecule has 0 saturated carbocycles. The van der Waals surface area contributed by atoms with Crippen LogP contribution in [0.25, 0.3) is 16.9 Å². The molecule has 0 fully saturated rings. The van der Waals surface area contributed by atoms with Gasteiger partial charge in [-0.1, -0.05) is 38.1 Å². The summed E-state index contributed by atoms with van der Waals surface area (Å²) in [4.78, 5) is 18.2. The zero-order valence-electron chi connectivity index (χ0n) is 11.6. The molecule has 2 aromatic heterocycles. The van der Waals surface area contributed by atoms with E-state index in [1.807, 2.05) is 12.1 Å². The van der Waals surface area contributed by atoms with Gasteiger partial charge in [0.25, 0.3) is 5.56 Å². The quantitative estimate of drug-likeness (QED) is 0.730. The van der Waals surface area contributed by atoms with Crippen LogP contribution in [0.15, 0.2) is 35.4 Å². The fourth-order valence-electron chi connectivity index (χ4n) is 2.04. The van der Waals surface area contributed by atoms with Crippen molar-refractivity contribution in [2.24, 2.45) is 0 Å². The van der Waals surface area contributed by atoms with Crippen molar-refractivity contribution in [3.63, 3.8) is 0 Å². The summed E-state index contributed by atoms with van der Waals surface area (Å²) in [5.41, 5.74) is 2.57. The van der Waals surface area contributed by atoms with Crippen molar-refractivity contribution in [3.05, 3.63) is 46.5 Å². The number of benzene rings is 1. The molecule has 6 heteroatoms. The third-order valence-electron chi connectivity index (χ3n) is 3.22. The topological polar surface area (TPSA) is 76.5 Å². The molecule has 0 aliphatic heterocycles. The molecule has 0 saturated heterocycles. The average molecular weight is 269 g/mol. The first kappa shape index (κ1) is 12.5. The van der Waals surface area contributed by atoms with Crippen LogP contribution in [0.3, 0.4) is 0 Å². The summed E-state index contributed by atoms with van der Waals surface area (Å²) >= 11 is 0. The summed E-state index contributed by atoms with van der Waals surface area (Å²) in [6.07, 6.45) is 1.36. The Morgan fingerprint density at radius 1 is 1.15 bits per heavy atom. The lowest BCUT2D eigenvalue weighted by molar-refractivity contribution is 0.590. The molecule has 102 valence electrons. The van der Waals surface area contributed by atoms with Gasteiger partial charge in [-0.15, -0.1) is 5.10 Å². The van der Waals surface area contributed by atoms with E-state index < -0.39 is 0 Å². The van der Waals surface area contributed by atoms with Crippen LogP contribution in [-0.4, -0.2) is 25.0 Å². The van der Waals surface area contributed by atoms with Crippen LogP contribution in [0.1, 0.15) is 26.3 Å². The molecule has 20 heavy (non-hydrogen) atoms. The fraction of sp³-hybridized carbons (Fsp3) is 0.286. The number of hydrogen-bond donors (Lipinski definition) is 1. The Morgan fingerprint density at radius 3 is 2.50 bits per heavy atom. The number of hydrogen-bond acceptors (Lipinski definition) is 4. The van der Waals surface area contributed by atoms with Crippen molar-refractivity contribution in [1.29, 1.82) is 0 Å². The zero-order chi connectivity index (χ0) is 14.3. The minimum absolute atomic E-state index is 0.0956. The van der Waals surface area contributed by atoms with Gasteiger partial charge in [0.1, 0.15) is 0 Å². The maximum Gasteiger partial charge on any atom is 0.280 e. The second kappa shape index (κ2) is 4.26. The first-order chi connectivity index (χ1) is 9.47. The van der Waals surface area contributed by atoms with Gasteiger partial charge in [-0.05, 0) is 23.1 Å². The molecule has 0 aliphatic rings. The lowest BCUT2D eigenvalue weighted by atomic mass is 9.87. The molecule has 0 spiro atoms. The second-order valence-corrected chi connectivity index (χ2v) is 5.70. The maximum atomic E-state index is 11.6. The Kier molecular flexibility index (Phi) is 2.67. The standard InChI is InChI=1S/C14H15N5O/c1-14(2,3)9-4-6-10(7-5-9)19-12-11(17-18-19)13(20)16-8-15-12/h4-8H,1-3H3,(H,15,16,20). The molecule has 3 aromatic rings. The Morgan fingerprint density at radius 2 is 1.85 bits per heavy atom. The Hall–Kier alpha value is -2.50. The number of fused-ring (bicyclic) bond motifs is 1. The lowest BCUT2D eigenvalue weighted by Crippen LogP contribution is -2.11. The van der Waals surface area contributed by atoms with Crippen molar-refractivity contribution in [2.75, 3.05) is 0 Å². The number of aromatic nitrogens is 5. The van der Waals surface area contributed by atoms with Gasteiger partial charge in [0, 0.05) is 0 Å². The highest BCUT2D eigenvalue weighted by Crippen LogP contribution is 2.23. The van der Waals surface area contributed by atoms with Crippen LogP contribution >= 0.6 is 0 Å². The van der Waals surface area contributed by atoms with Gasteiger partial charge in [0.05, 0.1) is 12.0 Å². The predicted molar refractivity (Wildman–Crippen MR) is 76.0 cm³/mol. The summed E-state index contributed by atoms with van der Waals surface area (Å²) in [7, 11) is 0. The third-order valence-corrected chi connectivity index (χ3v) is 3.22. The predicted octanol–water partition coefficient (Wildman–Crippen LogP) is 1.80. The number of H-pyrrole nitrogens is 1. The van der Waals surface area contributed by atoms with Gasteiger partial charge in [-0.3, -0.25) is 4.79 Å². The summed E-state index contributed by atoms with van der Waals surface area (Å²) in [5.74, 6) is 0. The highest BCUT2D eigenvalue weighted by atomic mass is 16.1. The van der Waals surface area contributed by atoms with Gasteiger partial charge in [0.15, 0.2) is 11.2 Å². The minimum Gasteiger partial charge on any atom is -0.311 e. The summed E-state index contributed by atoms with van der Waals surface area (Å²) in [5, 5.41) is 7.87. The maximum absolute atomic E-state index is 11.6. The van der Waals surface area contributed by atoms with E-state index in [0.717, 1.165) is 5.69 Å². The molecular weight excluding hydrogens is 254 g/mol. The zero-order valence-corrected chi connectivity index (χ0v) is 11.6. The smallest absolute Gasteiger partial charge is 0.280 e. The van der Waals surface area contributed by atoms with E-state index in [1.54, 1.807) is 4.68 Å². The van der Waals surface area contributed by atoms with E-state index in [2.05, 4.69) is 53.2 Å². The van der Waals surface area contributed by atoms with Crippen LogP contribution in [0.4, 0.5) is 0 Å². The molecule has 6 nitrogen and oxygen atoms in total. The van der Waals surface area contributed by atoms with Crippen LogP contribution < -0.4 is 5.56 Å². The first-order valence-electron chi connectivity index (χ1n) is 6.37. The van der Waals surface area contributed by atoms with E-state index in [4.69, 9.17) is 0 Å². The molecule has 0 bridgehead atoms. The van der Waals surface area contributed by atoms with Gasteiger partial charge in [-0.25, -0.2) is 4.98 Å². The monoisotopic (exact) mass is 269 g/mol. The fourth-order valence-corrected chi connectivity index (χ4v) is 2.04. The molecule has 0 amide bonds. The molecule has 0 aliphatic carbocycles. The molecule has 1 N–H and O–H groups in total. The van der Waals surface area contributed by atoms with Gasteiger partial charge in [-0.2, -0.15) is 4.68 Å². The number of aromatic amines is 1. The summed E-state index contributed by atoms with van der Waals surface area (Å²) in [6.45, 7) is 6.48. The van der Waals surface area contributed by atoms with Crippen molar-refractivity contribution in [1.82, 2.24) is 25.0 Å². The lowest BCUT2D eigenvalue weighted by Gasteiger charge is -2.19. The molecule has 2 heterocycles. The van der Waals surface area contributed by atoms with E-state index in [0.29, 0.717) is 5.65 Å². The van der Waals surface area contributed by atoms with Crippen LogP contribution in [-0.2, 0) is 5.41 Å². The van der Waals surface area contributed by atoms with E-state index >= 15 is 0 Å². The first-order valence-corrected chi connectivity index (χ1v) is 6.37. The molecule has 0 radical (unpaired) electrons. The Balaban J connectivity index is 2.12. The average Bonchev–Trinajstić information content (AvgIpc) is 2.83. The van der Waals surface area contributed by atoms with E-state index in [-0.39, 0.29) is 16.5 Å². The number of rotatable bonds is 1. The van der Waals surface area contributed by atoms with Crippen molar-refractivity contribution >= 4 is 11.2 Å². The van der Waals surface area contributed by atoms with Crippen LogP contribution in [0.5, 0.6) is 0 Å². The third kappa shape index (κ3) is 1.99. The molecule has 3 rings (SSSR count). The van der Waals surface area contributed by atoms with E-state index in [1.165, 1.54) is 11.9 Å². The normalized spacial score (nSPS) is 11.9. The number of nitrogens with one attached hydrogen (secondary N) is 1. The Labute approximate surface area is 115 Å². The highest BCUT2D eigenvalue weighted by Gasteiger charge is 2.14. The molecule has 0 unspecified atom stereocenters. The SMILES string of the molecule is CC(C)(C)c1ccc(-n2nnc3c(=O)[nH]cnc32)cc1. The second-order valence-electron chi connectivity index (χ2n) is 5.70. The molecular formula is C14H15N5O. The summed E-state index contributed by atoms with van der Waals surface area (Å²) < 4.78 is 1.57. The number of nitrogens with zero attached hydrogens (tertiary/aromatic N) is 4. The molecule has 1 aromatic carbocycles. The van der Waals surface area contributed by atoms with Crippen LogP contribution in [0, 0.1) is 0 Å². The molecule has 0 atom stereocenters. The summed E-state index contributed by atoms with van der Waals surface area (Å²) in [6, 6.07) is 8.02. The van der Waals surface area contributed by atoms with Crippen molar-refractivity contribution in [3.8, 4) is 5.69 Å². The minimum atomic E-state index is -0.285. The van der Waals surface area contributed by atoms with Crippen molar-refractivity contribution in [2.45, 2.75) is 26.2 Å².